The fourth-order valence-corrected chi connectivity index (χ4v) is 7.36. The molecule has 0 bridgehead atoms. The predicted octanol–water partition coefficient (Wildman–Crippen LogP) is 8.27. The van der Waals surface area contributed by atoms with E-state index < -0.39 is 0 Å². The van der Waals surface area contributed by atoms with Crippen molar-refractivity contribution >= 4 is 22.1 Å². The van der Waals surface area contributed by atoms with Crippen LogP contribution in [0.15, 0.2) is 72.8 Å². The number of hydrogen-bond acceptors (Lipinski definition) is 2. The van der Waals surface area contributed by atoms with Gasteiger partial charge < -0.3 is 22.2 Å². The molecule has 1 aliphatic heterocycles. The Labute approximate surface area is 287 Å². The molecule has 2 nitrogen and oxygen atoms in total. The summed E-state index contributed by atoms with van der Waals surface area (Å²) in [6.45, 7) is 26.2. The minimum Gasteiger partial charge on any atom is -1.00 e. The first kappa shape index (κ1) is 36.2. The average Bonchev–Trinajstić information content (AvgIpc) is 3.50. The van der Waals surface area contributed by atoms with Crippen LogP contribution in [0.2, 0.25) is 0 Å². The second kappa shape index (κ2) is 14.9. The van der Waals surface area contributed by atoms with E-state index in [0.29, 0.717) is 23.7 Å². The Morgan fingerprint density at radius 2 is 0.864 bits per heavy atom. The van der Waals surface area contributed by atoms with Gasteiger partial charge in [-0.3, -0.25) is 0 Å². The molecule has 0 N–H and O–H groups in total. The number of anilines is 2. The molecule has 0 aromatic heterocycles. The maximum atomic E-state index is 3.25. The molecule has 1 saturated heterocycles. The molecule has 4 aromatic carbocycles. The van der Waals surface area contributed by atoms with Gasteiger partial charge in [0.25, 0.3) is 0 Å². The molecule has 2 unspecified atom stereocenters. The molecule has 2 atom stereocenters. The van der Waals surface area contributed by atoms with Crippen LogP contribution >= 0.6 is 0 Å². The van der Waals surface area contributed by atoms with Gasteiger partial charge in [0.05, 0.1) is 18.8 Å². The summed E-state index contributed by atoms with van der Waals surface area (Å²) in [6, 6.07) is 28.5. The Kier molecular flexibility index (Phi) is 12.2. The number of nitrogens with zero attached hydrogens (tertiary/aromatic N) is 2. The van der Waals surface area contributed by atoms with E-state index in [-0.39, 0.29) is 44.9 Å². The van der Waals surface area contributed by atoms with Gasteiger partial charge in [0.2, 0.25) is 0 Å². The van der Waals surface area contributed by atoms with Crippen LogP contribution in [-0.2, 0) is 20.4 Å². The largest absolute Gasteiger partial charge is 2.00 e. The van der Waals surface area contributed by atoms with Crippen molar-refractivity contribution in [1.82, 2.24) is 0 Å². The van der Waals surface area contributed by atoms with E-state index in [1.807, 2.05) is 0 Å². The Morgan fingerprint density at radius 1 is 0.568 bits per heavy atom. The molecule has 0 amide bonds. The molecule has 4 aromatic rings. The van der Waals surface area contributed by atoms with E-state index in [1.165, 1.54) is 61.9 Å². The Morgan fingerprint density at radius 3 is 1.16 bits per heavy atom. The topological polar surface area (TPSA) is 6.48 Å². The predicted molar refractivity (Wildman–Crippen MR) is 184 cm³/mol. The van der Waals surface area contributed by atoms with Crippen LogP contribution in [0.25, 0.3) is 10.8 Å². The fraction of sp³-hybridized carbons (Fsp3) is 0.375. The van der Waals surface area contributed by atoms with Crippen LogP contribution in [0, 0.1) is 20.3 Å². The van der Waals surface area contributed by atoms with E-state index in [2.05, 4.69) is 152 Å². The second-order valence-electron chi connectivity index (χ2n) is 13.2. The third-order valence-corrected chi connectivity index (χ3v) is 9.14. The van der Waals surface area contributed by atoms with Crippen molar-refractivity contribution in [3.8, 4) is 0 Å². The van der Waals surface area contributed by atoms with Gasteiger partial charge in [0, 0.05) is 11.4 Å². The number of fused-ring (bicyclic) bond motifs is 3. The van der Waals surface area contributed by atoms with E-state index in [0.717, 1.165) is 6.67 Å². The summed E-state index contributed by atoms with van der Waals surface area (Å²) in [5.41, 5.74) is 11.7. The van der Waals surface area contributed by atoms with Gasteiger partial charge in [0.1, 0.15) is 0 Å². The summed E-state index contributed by atoms with van der Waals surface area (Å²) in [5, 5.41) is 2.83. The number of hydrogen-bond donors (Lipinski definition) is 0. The normalized spacial score (nSPS) is 16.8. The van der Waals surface area contributed by atoms with Gasteiger partial charge in [-0.2, -0.15) is 0 Å². The quantitative estimate of drug-likeness (QED) is 0.187. The molecule has 1 heterocycles. The molecular formula is C40H49ClN2Pd+. The molecule has 6 rings (SSSR count). The number of halogens is 1. The molecule has 235 valence electrons. The third kappa shape index (κ3) is 6.23. The van der Waals surface area contributed by atoms with Crippen LogP contribution < -0.4 is 22.2 Å². The van der Waals surface area contributed by atoms with Crippen LogP contribution in [0.3, 0.4) is 0 Å². The summed E-state index contributed by atoms with van der Waals surface area (Å²) in [5.74, 6) is 1.83. The van der Waals surface area contributed by atoms with Crippen LogP contribution in [0.1, 0.15) is 125 Å². The van der Waals surface area contributed by atoms with Gasteiger partial charge in [-0.15, -0.1) is 0 Å². The minimum atomic E-state index is 0. The van der Waals surface area contributed by atoms with Gasteiger partial charge >= 0.3 is 20.4 Å². The van der Waals surface area contributed by atoms with Gasteiger partial charge in [-0.1, -0.05) is 128 Å². The molecule has 44 heavy (non-hydrogen) atoms. The van der Waals surface area contributed by atoms with E-state index in [4.69, 9.17) is 0 Å². The zero-order chi connectivity index (χ0) is 30.3. The maximum Gasteiger partial charge on any atom is 2.00 e. The molecule has 1 fully saturated rings. The van der Waals surface area contributed by atoms with Crippen molar-refractivity contribution in [2.24, 2.45) is 0 Å². The second-order valence-corrected chi connectivity index (χ2v) is 13.2. The van der Waals surface area contributed by atoms with Crippen LogP contribution in [-0.4, -0.2) is 6.67 Å². The molecule has 0 saturated carbocycles. The summed E-state index contributed by atoms with van der Waals surface area (Å²) in [7, 11) is 0. The summed E-state index contributed by atoms with van der Waals surface area (Å²) in [6.07, 6.45) is 1.50. The van der Waals surface area contributed by atoms with Crippen molar-refractivity contribution in [3.05, 3.63) is 126 Å². The zero-order valence-corrected chi connectivity index (χ0v) is 30.0. The van der Waals surface area contributed by atoms with Crippen molar-refractivity contribution in [2.75, 3.05) is 16.5 Å². The van der Waals surface area contributed by atoms with E-state index in [9.17, 15) is 0 Å². The van der Waals surface area contributed by atoms with Crippen LogP contribution in [0.4, 0.5) is 11.4 Å². The molecule has 0 spiro atoms. The molecule has 1 aliphatic carbocycles. The molecule has 4 heteroatoms. The Hall–Kier alpha value is -2.31. The SMILES string of the molecule is CC(C)c1cccc(C(C)C)c1N1CN(c2c(C(C)C)cccc2C(C)C)C2c3cccc4cccc(c34)C21.[CH2][CH][CH2].[Cl-].[Pd+2]. The van der Waals surface area contributed by atoms with E-state index in [1.54, 1.807) is 0 Å². The van der Waals surface area contributed by atoms with Gasteiger partial charge in [-0.25, -0.2) is 0 Å². The Balaban J connectivity index is 0.00000102. The van der Waals surface area contributed by atoms with Crippen LogP contribution in [0.5, 0.6) is 0 Å². The van der Waals surface area contributed by atoms with Crippen molar-refractivity contribution in [2.45, 2.75) is 91.1 Å². The summed E-state index contributed by atoms with van der Waals surface area (Å²) < 4.78 is 0. The summed E-state index contributed by atoms with van der Waals surface area (Å²) >= 11 is 0. The van der Waals surface area contributed by atoms with E-state index >= 15 is 0 Å². The minimum absolute atomic E-state index is 0. The molecular weight excluding hydrogens is 650 g/mol. The standard InChI is InChI=1S/C37H44N2.C3H5.ClH.Pd/c1-22(2)27-15-11-16-28(23(3)4)34(27)38-21-39(35-29(24(5)6)17-12-18-30(35)25(7)8)37-32-20-10-14-26-13-9-19-31(33(26)32)36(37)38;1-3-2;;/h9-20,22-25,36-37H,21H2,1-8H3;3H,1-2H2;1H;/q;;;+2/p-1. The number of rotatable bonds is 6. The first-order valence-corrected chi connectivity index (χ1v) is 15.8. The average molecular weight is 700 g/mol. The molecule has 3 radical (unpaired) electrons. The monoisotopic (exact) mass is 698 g/mol. The van der Waals surface area contributed by atoms with Crippen molar-refractivity contribution in [3.63, 3.8) is 0 Å². The first-order valence-electron chi connectivity index (χ1n) is 15.8. The smallest absolute Gasteiger partial charge is 1.00 e. The maximum absolute atomic E-state index is 3.25. The zero-order valence-electron chi connectivity index (χ0n) is 27.7. The van der Waals surface area contributed by atoms with Crippen molar-refractivity contribution < 1.29 is 32.8 Å². The van der Waals surface area contributed by atoms with Crippen molar-refractivity contribution in [1.29, 1.82) is 0 Å². The number of benzene rings is 4. The van der Waals surface area contributed by atoms with Gasteiger partial charge in [-0.05, 0) is 88.1 Å². The fourth-order valence-electron chi connectivity index (χ4n) is 7.36. The Bertz CT molecular complexity index is 1390. The molecule has 2 aliphatic rings. The van der Waals surface area contributed by atoms with Gasteiger partial charge in [0.15, 0.2) is 0 Å². The number of para-hydroxylation sites is 2. The summed E-state index contributed by atoms with van der Waals surface area (Å²) in [4.78, 5) is 5.57. The first-order chi connectivity index (χ1) is 20.1. The third-order valence-electron chi connectivity index (χ3n) is 9.14.